The molecule has 27 heavy (non-hydrogen) atoms. The van der Waals surface area contributed by atoms with Crippen LogP contribution < -0.4 is 16.0 Å². The van der Waals surface area contributed by atoms with Crippen LogP contribution >= 0.6 is 23.8 Å². The van der Waals surface area contributed by atoms with Gasteiger partial charge in [0.15, 0.2) is 5.11 Å². The zero-order valence-corrected chi connectivity index (χ0v) is 15.2. The zero-order valence-electron chi connectivity index (χ0n) is 13.6. The molecule has 0 fully saturated rings. The van der Waals surface area contributed by atoms with Crippen LogP contribution in [0.25, 0.3) is 0 Å². The Morgan fingerprint density at radius 2 is 1.81 bits per heavy atom. The second kappa shape index (κ2) is 8.87. The maximum Gasteiger partial charge on any atom is 0.416 e. The predicted molar refractivity (Wildman–Crippen MR) is 102 cm³/mol. The summed E-state index contributed by atoms with van der Waals surface area (Å²) >= 11 is 10.9. The molecular weight excluding hydrogens is 405 g/mol. The first-order chi connectivity index (χ1) is 12.7. The number of nitrogens with zero attached hydrogens (tertiary/aromatic N) is 1. The minimum Gasteiger partial charge on any atom is -0.378 e. The minimum absolute atomic E-state index is 0.00798. The van der Waals surface area contributed by atoms with E-state index in [0.29, 0.717) is 16.2 Å². The quantitative estimate of drug-likeness (QED) is 0.274. The molecule has 2 rings (SSSR count). The standard InChI is InChI=1S/C16H14ClF3N4O2S/c17-11-2-4-12(5-3-11)23-15(27)22-8-7-21-13-6-1-10(16(18,19)20)9-14(13)24(25)26/h1-6,9,21H,7-8H2,(H2,22,23,27). The smallest absolute Gasteiger partial charge is 0.378 e. The number of nitrogens with one attached hydrogen (secondary N) is 3. The van der Waals surface area contributed by atoms with Crippen molar-refractivity contribution in [1.29, 1.82) is 0 Å². The number of thiocarbonyl (C=S) groups is 1. The molecule has 0 aliphatic heterocycles. The van der Waals surface area contributed by atoms with Crippen molar-refractivity contribution in [3.05, 3.63) is 63.2 Å². The Morgan fingerprint density at radius 1 is 1.15 bits per heavy atom. The number of hydrogen-bond donors (Lipinski definition) is 3. The van der Waals surface area contributed by atoms with Crippen LogP contribution in [0.3, 0.4) is 0 Å². The van der Waals surface area contributed by atoms with Crippen LogP contribution in [-0.4, -0.2) is 23.1 Å². The third-order valence-corrected chi connectivity index (χ3v) is 3.85. The summed E-state index contributed by atoms with van der Waals surface area (Å²) in [5.74, 6) is 0. The molecule has 0 amide bonds. The summed E-state index contributed by atoms with van der Waals surface area (Å²) in [7, 11) is 0. The lowest BCUT2D eigenvalue weighted by Gasteiger charge is -2.13. The maximum atomic E-state index is 12.7. The van der Waals surface area contributed by atoms with E-state index < -0.39 is 22.4 Å². The van der Waals surface area contributed by atoms with Gasteiger partial charge in [-0.25, -0.2) is 0 Å². The molecule has 3 N–H and O–H groups in total. The van der Waals surface area contributed by atoms with E-state index in [9.17, 15) is 23.3 Å². The molecule has 2 aromatic rings. The first-order valence-corrected chi connectivity index (χ1v) is 8.35. The predicted octanol–water partition coefficient (Wildman–Crippen LogP) is 4.67. The maximum absolute atomic E-state index is 12.7. The molecule has 0 spiro atoms. The van der Waals surface area contributed by atoms with E-state index in [4.69, 9.17) is 23.8 Å². The van der Waals surface area contributed by atoms with Crippen molar-refractivity contribution in [3.63, 3.8) is 0 Å². The van der Waals surface area contributed by atoms with Crippen molar-refractivity contribution in [2.75, 3.05) is 23.7 Å². The molecule has 0 atom stereocenters. The molecule has 0 aliphatic carbocycles. The molecule has 0 heterocycles. The number of rotatable bonds is 6. The molecule has 144 valence electrons. The van der Waals surface area contributed by atoms with Gasteiger partial charge < -0.3 is 16.0 Å². The molecule has 0 bridgehead atoms. The third-order valence-electron chi connectivity index (χ3n) is 3.35. The van der Waals surface area contributed by atoms with E-state index in [1.165, 1.54) is 0 Å². The molecule has 0 saturated heterocycles. The molecule has 0 unspecified atom stereocenters. The zero-order chi connectivity index (χ0) is 20.0. The summed E-state index contributed by atoms with van der Waals surface area (Å²) in [6, 6.07) is 9.18. The lowest BCUT2D eigenvalue weighted by molar-refractivity contribution is -0.384. The Balaban J connectivity index is 1.88. The van der Waals surface area contributed by atoms with Crippen LogP contribution in [0.2, 0.25) is 5.02 Å². The van der Waals surface area contributed by atoms with Crippen LogP contribution in [0, 0.1) is 10.1 Å². The van der Waals surface area contributed by atoms with Crippen LogP contribution in [0.5, 0.6) is 0 Å². The number of benzene rings is 2. The summed E-state index contributed by atoms with van der Waals surface area (Å²) in [6.07, 6.45) is -4.65. The highest BCUT2D eigenvalue weighted by Crippen LogP contribution is 2.34. The second-order valence-corrected chi connectivity index (χ2v) is 6.15. The normalized spacial score (nSPS) is 11.0. The highest BCUT2D eigenvalue weighted by Gasteiger charge is 2.32. The largest absolute Gasteiger partial charge is 0.416 e. The minimum atomic E-state index is -4.65. The molecular formula is C16H14ClF3N4O2S. The van der Waals surface area contributed by atoms with Crippen LogP contribution in [-0.2, 0) is 6.18 Å². The molecule has 2 aromatic carbocycles. The summed E-state index contributed by atoms with van der Waals surface area (Å²) in [6.45, 7) is 0.492. The van der Waals surface area contributed by atoms with E-state index in [2.05, 4.69) is 16.0 Å². The Labute approximate surface area is 162 Å². The van der Waals surface area contributed by atoms with E-state index in [1.807, 2.05) is 0 Å². The Bertz CT molecular complexity index is 831. The monoisotopic (exact) mass is 418 g/mol. The summed E-state index contributed by atoms with van der Waals surface area (Å²) in [4.78, 5) is 10.1. The fourth-order valence-electron chi connectivity index (χ4n) is 2.09. The topological polar surface area (TPSA) is 79.2 Å². The highest BCUT2D eigenvalue weighted by atomic mass is 35.5. The number of anilines is 2. The Morgan fingerprint density at radius 3 is 2.41 bits per heavy atom. The van der Waals surface area contributed by atoms with Gasteiger partial charge in [-0.05, 0) is 48.6 Å². The van der Waals surface area contributed by atoms with Crippen molar-refractivity contribution in [2.45, 2.75) is 6.18 Å². The van der Waals surface area contributed by atoms with Crippen molar-refractivity contribution < 1.29 is 18.1 Å². The SMILES string of the molecule is O=[N+]([O-])c1cc(C(F)(F)F)ccc1NCCNC(=S)Nc1ccc(Cl)cc1. The van der Waals surface area contributed by atoms with E-state index >= 15 is 0 Å². The molecule has 6 nitrogen and oxygen atoms in total. The van der Waals surface area contributed by atoms with Gasteiger partial charge in [-0.3, -0.25) is 10.1 Å². The van der Waals surface area contributed by atoms with Crippen molar-refractivity contribution in [1.82, 2.24) is 5.32 Å². The highest BCUT2D eigenvalue weighted by molar-refractivity contribution is 7.80. The number of alkyl halides is 3. The molecule has 0 aromatic heterocycles. The Kier molecular flexibility index (Phi) is 6.81. The molecule has 0 aliphatic rings. The van der Waals surface area contributed by atoms with Gasteiger partial charge in [0.1, 0.15) is 5.69 Å². The van der Waals surface area contributed by atoms with Crippen molar-refractivity contribution in [3.8, 4) is 0 Å². The molecule has 11 heteroatoms. The number of nitro groups is 1. The van der Waals surface area contributed by atoms with Gasteiger partial charge in [0.2, 0.25) is 0 Å². The lowest BCUT2D eigenvalue weighted by atomic mass is 10.1. The number of nitro benzene ring substituents is 1. The van der Waals surface area contributed by atoms with Gasteiger partial charge in [0.25, 0.3) is 5.69 Å². The summed E-state index contributed by atoms with van der Waals surface area (Å²) < 4.78 is 38.0. The van der Waals surface area contributed by atoms with Gasteiger partial charge >= 0.3 is 6.18 Å². The fraction of sp³-hybridized carbons (Fsp3) is 0.188. The molecule has 0 saturated carbocycles. The first-order valence-electron chi connectivity index (χ1n) is 7.57. The van der Waals surface area contributed by atoms with Crippen LogP contribution in [0.4, 0.5) is 30.2 Å². The summed E-state index contributed by atoms with van der Waals surface area (Å²) in [5.41, 5.74) is -1.01. The van der Waals surface area contributed by atoms with Crippen LogP contribution in [0.15, 0.2) is 42.5 Å². The average Bonchev–Trinajstić information content (AvgIpc) is 2.59. The molecule has 0 radical (unpaired) electrons. The van der Waals surface area contributed by atoms with E-state index in [0.717, 1.165) is 17.8 Å². The first kappa shape index (κ1) is 20.7. The summed E-state index contributed by atoms with van der Waals surface area (Å²) in [5, 5.41) is 20.4. The van der Waals surface area contributed by atoms with E-state index in [-0.39, 0.29) is 18.8 Å². The Hall–Kier alpha value is -2.59. The van der Waals surface area contributed by atoms with Crippen LogP contribution in [0.1, 0.15) is 5.56 Å². The van der Waals surface area contributed by atoms with Gasteiger partial charge in [0.05, 0.1) is 10.5 Å². The average molecular weight is 419 g/mol. The van der Waals surface area contributed by atoms with Crippen molar-refractivity contribution in [2.24, 2.45) is 0 Å². The van der Waals surface area contributed by atoms with Gasteiger partial charge in [0, 0.05) is 29.9 Å². The fourth-order valence-corrected chi connectivity index (χ4v) is 2.44. The third kappa shape index (κ3) is 6.26. The van der Waals surface area contributed by atoms with Gasteiger partial charge in [-0.1, -0.05) is 11.6 Å². The van der Waals surface area contributed by atoms with Gasteiger partial charge in [-0.2, -0.15) is 13.2 Å². The van der Waals surface area contributed by atoms with Gasteiger partial charge in [-0.15, -0.1) is 0 Å². The van der Waals surface area contributed by atoms with E-state index in [1.54, 1.807) is 24.3 Å². The number of hydrogen-bond acceptors (Lipinski definition) is 4. The lowest BCUT2D eigenvalue weighted by Crippen LogP contribution is -2.32. The number of halogens is 4. The van der Waals surface area contributed by atoms with Crippen molar-refractivity contribution >= 4 is 46.0 Å². The second-order valence-electron chi connectivity index (χ2n) is 5.30.